The molecule has 1 atom stereocenters. The van der Waals surface area contributed by atoms with Crippen LogP contribution in [0.4, 0.5) is 5.69 Å². The van der Waals surface area contributed by atoms with Crippen molar-refractivity contribution in [3.8, 4) is 0 Å². The van der Waals surface area contributed by atoms with Gasteiger partial charge in [-0.25, -0.2) is 0 Å². The molecule has 0 radical (unpaired) electrons. The van der Waals surface area contributed by atoms with Crippen LogP contribution in [0.1, 0.15) is 12.0 Å². The van der Waals surface area contributed by atoms with Crippen molar-refractivity contribution < 1.29 is 14.3 Å². The molecular formula is C19H18Cl2N2O3. The van der Waals surface area contributed by atoms with Gasteiger partial charge in [-0.1, -0.05) is 53.5 Å². The van der Waals surface area contributed by atoms with E-state index in [9.17, 15) is 9.59 Å². The Labute approximate surface area is 161 Å². The SMILES string of the molecule is O=C(CC1C(=O)OCCN1Cc1ccccc1)Nc1ccc(Cl)c(Cl)c1. The number of halogens is 2. The van der Waals surface area contributed by atoms with Crippen LogP contribution in [-0.2, 0) is 20.9 Å². The lowest BCUT2D eigenvalue weighted by atomic mass is 10.1. The van der Waals surface area contributed by atoms with Crippen LogP contribution in [0, 0.1) is 0 Å². The highest BCUT2D eigenvalue weighted by molar-refractivity contribution is 6.42. The second-order valence-corrected chi connectivity index (χ2v) is 6.83. The predicted octanol–water partition coefficient (Wildman–Crippen LogP) is 3.75. The van der Waals surface area contributed by atoms with Crippen molar-refractivity contribution in [2.24, 2.45) is 0 Å². The van der Waals surface area contributed by atoms with E-state index in [2.05, 4.69) is 5.32 Å². The molecule has 136 valence electrons. The quantitative estimate of drug-likeness (QED) is 0.787. The summed E-state index contributed by atoms with van der Waals surface area (Å²) in [7, 11) is 0. The van der Waals surface area contributed by atoms with E-state index in [0.29, 0.717) is 35.4 Å². The highest BCUT2D eigenvalue weighted by atomic mass is 35.5. The predicted molar refractivity (Wildman–Crippen MR) is 101 cm³/mol. The molecule has 1 unspecified atom stereocenters. The molecular weight excluding hydrogens is 375 g/mol. The number of esters is 1. The van der Waals surface area contributed by atoms with Gasteiger partial charge in [0.25, 0.3) is 0 Å². The summed E-state index contributed by atoms with van der Waals surface area (Å²) in [5.41, 5.74) is 1.61. The van der Waals surface area contributed by atoms with Gasteiger partial charge in [-0.05, 0) is 23.8 Å². The highest BCUT2D eigenvalue weighted by Gasteiger charge is 2.33. The Kier molecular flexibility index (Phi) is 6.14. The standard InChI is InChI=1S/C19H18Cl2N2O3/c20-15-7-6-14(10-16(15)21)22-18(24)11-17-19(25)26-9-8-23(17)12-13-4-2-1-3-5-13/h1-7,10,17H,8-9,11-12H2,(H,22,24). The maximum absolute atomic E-state index is 12.4. The van der Waals surface area contributed by atoms with Crippen LogP contribution in [0.3, 0.4) is 0 Å². The minimum atomic E-state index is -0.619. The van der Waals surface area contributed by atoms with Gasteiger partial charge in [0.05, 0.1) is 16.5 Å². The van der Waals surface area contributed by atoms with Crippen LogP contribution in [0.15, 0.2) is 48.5 Å². The molecule has 1 fully saturated rings. The van der Waals surface area contributed by atoms with Gasteiger partial charge >= 0.3 is 5.97 Å². The van der Waals surface area contributed by atoms with Crippen LogP contribution in [0.5, 0.6) is 0 Å². The van der Waals surface area contributed by atoms with E-state index in [0.717, 1.165) is 5.56 Å². The fourth-order valence-corrected chi connectivity index (χ4v) is 3.14. The molecule has 0 aromatic heterocycles. The fourth-order valence-electron chi connectivity index (χ4n) is 2.85. The monoisotopic (exact) mass is 392 g/mol. The maximum Gasteiger partial charge on any atom is 0.323 e. The molecule has 1 aliphatic heterocycles. The van der Waals surface area contributed by atoms with Crippen molar-refractivity contribution in [3.05, 3.63) is 64.1 Å². The summed E-state index contributed by atoms with van der Waals surface area (Å²) >= 11 is 11.8. The molecule has 0 saturated carbocycles. The van der Waals surface area contributed by atoms with Crippen molar-refractivity contribution in [2.75, 3.05) is 18.5 Å². The molecule has 1 heterocycles. The van der Waals surface area contributed by atoms with Crippen molar-refractivity contribution in [1.29, 1.82) is 0 Å². The lowest BCUT2D eigenvalue weighted by Crippen LogP contribution is -2.49. The molecule has 7 heteroatoms. The summed E-state index contributed by atoms with van der Waals surface area (Å²) in [5.74, 6) is -0.665. The molecule has 26 heavy (non-hydrogen) atoms. The van der Waals surface area contributed by atoms with Crippen LogP contribution in [0.25, 0.3) is 0 Å². The first-order valence-corrected chi connectivity index (χ1v) is 8.98. The first-order valence-electron chi connectivity index (χ1n) is 8.22. The Morgan fingerprint density at radius 2 is 1.92 bits per heavy atom. The molecule has 2 aromatic rings. The molecule has 1 N–H and O–H groups in total. The lowest BCUT2D eigenvalue weighted by Gasteiger charge is -2.33. The van der Waals surface area contributed by atoms with Gasteiger partial charge in [0.1, 0.15) is 12.6 Å². The summed E-state index contributed by atoms with van der Waals surface area (Å²) in [4.78, 5) is 26.6. The van der Waals surface area contributed by atoms with Gasteiger partial charge in [-0.2, -0.15) is 0 Å². The number of nitrogens with zero attached hydrogens (tertiary/aromatic N) is 1. The topological polar surface area (TPSA) is 58.6 Å². The summed E-state index contributed by atoms with van der Waals surface area (Å²) in [6.45, 7) is 1.50. The minimum Gasteiger partial charge on any atom is -0.463 e. The Bertz CT molecular complexity index is 799. The molecule has 2 aromatic carbocycles. The average molecular weight is 393 g/mol. The van der Waals surface area contributed by atoms with Gasteiger partial charge in [0, 0.05) is 18.8 Å². The second kappa shape index (κ2) is 8.54. The third kappa shape index (κ3) is 4.75. The Balaban J connectivity index is 1.66. The third-order valence-corrected chi connectivity index (χ3v) is 4.89. The minimum absolute atomic E-state index is 0.00587. The van der Waals surface area contributed by atoms with Crippen LogP contribution in [0.2, 0.25) is 10.0 Å². The molecule has 3 rings (SSSR count). The summed E-state index contributed by atoms with van der Waals surface area (Å²) in [6.07, 6.45) is 0.00587. The molecule has 0 bridgehead atoms. The summed E-state index contributed by atoms with van der Waals surface area (Å²) < 4.78 is 5.15. The first-order chi connectivity index (χ1) is 12.5. The van der Waals surface area contributed by atoms with Crippen LogP contribution in [-0.4, -0.2) is 36.0 Å². The zero-order valence-corrected chi connectivity index (χ0v) is 15.5. The average Bonchev–Trinajstić information content (AvgIpc) is 2.62. The van der Waals surface area contributed by atoms with E-state index >= 15 is 0 Å². The van der Waals surface area contributed by atoms with Gasteiger partial charge in [-0.3, -0.25) is 14.5 Å². The summed E-state index contributed by atoms with van der Waals surface area (Å²) in [5, 5.41) is 3.51. The van der Waals surface area contributed by atoms with Crippen LogP contribution < -0.4 is 5.32 Å². The van der Waals surface area contributed by atoms with E-state index in [1.54, 1.807) is 18.2 Å². The normalized spacial score (nSPS) is 17.6. The highest BCUT2D eigenvalue weighted by Crippen LogP contribution is 2.25. The molecule has 0 spiro atoms. The van der Waals surface area contributed by atoms with Crippen molar-refractivity contribution in [2.45, 2.75) is 19.0 Å². The number of hydrogen-bond acceptors (Lipinski definition) is 4. The number of carbonyl (C=O) groups excluding carboxylic acids is 2. The largest absolute Gasteiger partial charge is 0.463 e. The number of hydrogen-bond donors (Lipinski definition) is 1. The lowest BCUT2D eigenvalue weighted by molar-refractivity contribution is -0.159. The maximum atomic E-state index is 12.4. The fraction of sp³-hybridized carbons (Fsp3) is 0.263. The number of rotatable bonds is 5. The van der Waals surface area contributed by atoms with Crippen molar-refractivity contribution >= 4 is 40.8 Å². The third-order valence-electron chi connectivity index (χ3n) is 4.15. The van der Waals surface area contributed by atoms with Crippen molar-refractivity contribution in [3.63, 3.8) is 0 Å². The molecule has 5 nitrogen and oxygen atoms in total. The van der Waals surface area contributed by atoms with Gasteiger partial charge in [-0.15, -0.1) is 0 Å². The number of carbonyl (C=O) groups is 2. The van der Waals surface area contributed by atoms with Gasteiger partial charge < -0.3 is 10.1 Å². The Morgan fingerprint density at radius 1 is 1.15 bits per heavy atom. The van der Waals surface area contributed by atoms with E-state index < -0.39 is 6.04 Å². The number of anilines is 1. The second-order valence-electron chi connectivity index (χ2n) is 6.02. The summed E-state index contributed by atoms with van der Waals surface area (Å²) in [6, 6.07) is 14.0. The molecule has 1 saturated heterocycles. The van der Waals surface area contributed by atoms with Gasteiger partial charge in [0.2, 0.25) is 5.91 Å². The number of benzene rings is 2. The molecule has 0 aliphatic carbocycles. The van der Waals surface area contributed by atoms with E-state index in [1.165, 1.54) is 0 Å². The van der Waals surface area contributed by atoms with Gasteiger partial charge in [0.15, 0.2) is 0 Å². The smallest absolute Gasteiger partial charge is 0.323 e. The van der Waals surface area contributed by atoms with E-state index in [1.807, 2.05) is 35.2 Å². The number of ether oxygens (including phenoxy) is 1. The number of morpholine rings is 1. The Morgan fingerprint density at radius 3 is 2.65 bits per heavy atom. The van der Waals surface area contributed by atoms with Crippen molar-refractivity contribution in [1.82, 2.24) is 4.90 Å². The number of amides is 1. The zero-order valence-electron chi connectivity index (χ0n) is 14.0. The molecule has 1 amide bonds. The molecule has 1 aliphatic rings. The number of cyclic esters (lactones) is 1. The Hall–Kier alpha value is -2.08. The number of nitrogens with one attached hydrogen (secondary N) is 1. The van der Waals surface area contributed by atoms with Crippen LogP contribution >= 0.6 is 23.2 Å². The van der Waals surface area contributed by atoms with E-state index in [-0.39, 0.29) is 18.3 Å². The zero-order chi connectivity index (χ0) is 18.5. The van der Waals surface area contributed by atoms with E-state index in [4.69, 9.17) is 27.9 Å². The first kappa shape index (κ1) is 18.7.